The molecule has 30 heavy (non-hydrogen) atoms. The lowest BCUT2D eigenvalue weighted by Gasteiger charge is -2.34. The van der Waals surface area contributed by atoms with E-state index in [0.29, 0.717) is 11.3 Å². The van der Waals surface area contributed by atoms with Crippen LogP contribution in [0.3, 0.4) is 0 Å². The van der Waals surface area contributed by atoms with Crippen LogP contribution in [-0.2, 0) is 6.42 Å². The van der Waals surface area contributed by atoms with Crippen molar-refractivity contribution in [2.75, 3.05) is 12.8 Å². The predicted molar refractivity (Wildman–Crippen MR) is 126 cm³/mol. The summed E-state index contributed by atoms with van der Waals surface area (Å²) in [5.74, 6) is 1.96. The third kappa shape index (κ3) is 5.53. The lowest BCUT2D eigenvalue weighted by Crippen LogP contribution is -2.40. The van der Waals surface area contributed by atoms with Gasteiger partial charge in [0.15, 0.2) is 0 Å². The first-order valence-electron chi connectivity index (χ1n) is 11.5. The van der Waals surface area contributed by atoms with Gasteiger partial charge < -0.3 is 9.57 Å². The molecule has 4 heteroatoms. The first-order chi connectivity index (χ1) is 14.7. The highest BCUT2D eigenvalue weighted by Gasteiger charge is 2.25. The number of hydroxylamine groups is 2. The normalized spacial score (nSPS) is 20.4. The van der Waals surface area contributed by atoms with Gasteiger partial charge in [-0.05, 0) is 67.7 Å². The molecule has 1 aliphatic carbocycles. The van der Waals surface area contributed by atoms with Gasteiger partial charge in [-0.2, -0.15) is 11.8 Å². The van der Waals surface area contributed by atoms with Gasteiger partial charge in [0.25, 0.3) is 0 Å². The maximum atomic E-state index is 6.49. The van der Waals surface area contributed by atoms with Crippen molar-refractivity contribution >= 4 is 11.8 Å². The van der Waals surface area contributed by atoms with Crippen LogP contribution in [0.1, 0.15) is 69.1 Å². The van der Waals surface area contributed by atoms with E-state index in [1.807, 2.05) is 11.8 Å². The average Bonchev–Trinajstić information content (AvgIpc) is 2.82. The van der Waals surface area contributed by atoms with Crippen LogP contribution in [0.15, 0.2) is 48.5 Å². The zero-order chi connectivity index (χ0) is 20.8. The molecule has 0 radical (unpaired) electrons. The van der Waals surface area contributed by atoms with E-state index in [0.717, 1.165) is 37.3 Å². The predicted octanol–water partition coefficient (Wildman–Crippen LogP) is 6.82. The SMILES string of the molecule is CSC(C)CCN(Oc1ccc2c(c1)CCC(c1ccccc1)O2)C1CCCCC1. The molecule has 2 aromatic rings. The van der Waals surface area contributed by atoms with Crippen LogP contribution in [0, 0.1) is 0 Å². The van der Waals surface area contributed by atoms with Crippen LogP contribution < -0.4 is 9.57 Å². The van der Waals surface area contributed by atoms with Gasteiger partial charge in [-0.1, -0.05) is 56.5 Å². The molecule has 0 saturated heterocycles. The Kier molecular flexibility index (Phi) is 7.62. The van der Waals surface area contributed by atoms with Crippen molar-refractivity contribution in [1.29, 1.82) is 0 Å². The molecular weight excluding hydrogens is 390 g/mol. The maximum absolute atomic E-state index is 6.49. The van der Waals surface area contributed by atoms with E-state index in [4.69, 9.17) is 9.57 Å². The Hall–Kier alpha value is -1.65. The number of benzene rings is 2. The summed E-state index contributed by atoms with van der Waals surface area (Å²) in [7, 11) is 0. The summed E-state index contributed by atoms with van der Waals surface area (Å²) in [6, 6.07) is 17.5. The molecule has 1 heterocycles. The van der Waals surface area contributed by atoms with Gasteiger partial charge >= 0.3 is 0 Å². The highest BCUT2D eigenvalue weighted by atomic mass is 32.2. The third-order valence-electron chi connectivity index (χ3n) is 6.51. The van der Waals surface area contributed by atoms with Crippen LogP contribution in [0.4, 0.5) is 0 Å². The monoisotopic (exact) mass is 425 g/mol. The van der Waals surface area contributed by atoms with Crippen LogP contribution in [0.5, 0.6) is 11.5 Å². The summed E-state index contributed by atoms with van der Waals surface area (Å²) in [4.78, 5) is 6.49. The van der Waals surface area contributed by atoms with Gasteiger partial charge in [-0.3, -0.25) is 0 Å². The van der Waals surface area contributed by atoms with Gasteiger partial charge in [0, 0.05) is 17.8 Å². The van der Waals surface area contributed by atoms with Crippen molar-refractivity contribution in [2.45, 2.75) is 75.7 Å². The number of aryl methyl sites for hydroxylation is 1. The van der Waals surface area contributed by atoms with Gasteiger partial charge in [0.05, 0.1) is 0 Å². The van der Waals surface area contributed by atoms with Gasteiger partial charge in [-0.15, -0.1) is 5.06 Å². The maximum Gasteiger partial charge on any atom is 0.148 e. The van der Waals surface area contributed by atoms with Gasteiger partial charge in [0.2, 0.25) is 0 Å². The van der Waals surface area contributed by atoms with Crippen molar-refractivity contribution in [2.24, 2.45) is 0 Å². The molecule has 0 amide bonds. The molecule has 2 atom stereocenters. The van der Waals surface area contributed by atoms with Crippen LogP contribution in [0.25, 0.3) is 0 Å². The fraction of sp³-hybridized carbons (Fsp3) is 0.538. The minimum absolute atomic E-state index is 0.150. The molecule has 2 unspecified atom stereocenters. The quantitative estimate of drug-likeness (QED) is 0.432. The molecular formula is C26H35NO2S. The molecule has 162 valence electrons. The van der Waals surface area contributed by atoms with Crippen LogP contribution >= 0.6 is 11.8 Å². The molecule has 2 aromatic carbocycles. The lowest BCUT2D eigenvalue weighted by molar-refractivity contribution is -0.105. The molecule has 1 saturated carbocycles. The largest absolute Gasteiger partial charge is 0.485 e. The highest BCUT2D eigenvalue weighted by Crippen LogP contribution is 2.37. The molecule has 1 aliphatic heterocycles. The molecule has 3 nitrogen and oxygen atoms in total. The number of rotatable bonds is 8. The second-order valence-electron chi connectivity index (χ2n) is 8.68. The second kappa shape index (κ2) is 10.6. The summed E-state index contributed by atoms with van der Waals surface area (Å²) in [5, 5.41) is 2.94. The second-order valence-corrected chi connectivity index (χ2v) is 9.96. The zero-order valence-corrected chi connectivity index (χ0v) is 19.2. The number of fused-ring (bicyclic) bond motifs is 1. The Morgan fingerprint density at radius 3 is 2.63 bits per heavy atom. The first-order valence-corrected chi connectivity index (χ1v) is 12.8. The topological polar surface area (TPSA) is 21.7 Å². The highest BCUT2D eigenvalue weighted by molar-refractivity contribution is 7.99. The van der Waals surface area contributed by atoms with E-state index in [2.05, 4.69) is 66.8 Å². The van der Waals surface area contributed by atoms with E-state index in [1.165, 1.54) is 43.2 Å². The summed E-state index contributed by atoms with van der Waals surface area (Å²) in [5.41, 5.74) is 2.52. The minimum Gasteiger partial charge on any atom is -0.485 e. The number of ether oxygens (including phenoxy) is 1. The Morgan fingerprint density at radius 2 is 1.87 bits per heavy atom. The number of nitrogens with zero attached hydrogens (tertiary/aromatic N) is 1. The van der Waals surface area contributed by atoms with Crippen molar-refractivity contribution < 1.29 is 9.57 Å². The Balaban J connectivity index is 1.44. The third-order valence-corrected chi connectivity index (χ3v) is 7.55. The summed E-state index contributed by atoms with van der Waals surface area (Å²) in [6.07, 6.45) is 12.1. The van der Waals surface area contributed by atoms with Gasteiger partial charge in [-0.25, -0.2) is 0 Å². The van der Waals surface area contributed by atoms with Crippen molar-refractivity contribution in [3.63, 3.8) is 0 Å². The molecule has 0 N–H and O–H groups in total. The van der Waals surface area contributed by atoms with E-state index < -0.39 is 0 Å². The Bertz CT molecular complexity index is 791. The van der Waals surface area contributed by atoms with Crippen LogP contribution in [-0.4, -0.2) is 29.2 Å². The Labute approximate surface area is 186 Å². The molecule has 1 fully saturated rings. The van der Waals surface area contributed by atoms with Crippen molar-refractivity contribution in [1.82, 2.24) is 5.06 Å². The molecule has 0 bridgehead atoms. The van der Waals surface area contributed by atoms with E-state index in [1.54, 1.807) is 0 Å². The van der Waals surface area contributed by atoms with Crippen LogP contribution in [0.2, 0.25) is 0 Å². The standard InChI is InChI=1S/C26H35NO2S/c1-20(30-2)17-18-27(23-11-7-4-8-12-23)29-24-14-16-26-22(19-24)13-15-25(28-26)21-9-5-3-6-10-21/h3,5-6,9-10,14,16,19-20,23,25H,4,7-8,11-13,15,17-18H2,1-2H3. The first kappa shape index (κ1) is 21.6. The number of hydrogen-bond donors (Lipinski definition) is 0. The minimum atomic E-state index is 0.150. The van der Waals surface area contributed by atoms with E-state index in [9.17, 15) is 0 Å². The number of hydrogen-bond acceptors (Lipinski definition) is 4. The molecule has 4 rings (SSSR count). The number of thioether (sulfide) groups is 1. The zero-order valence-electron chi connectivity index (χ0n) is 18.4. The lowest BCUT2D eigenvalue weighted by atomic mass is 9.95. The summed E-state index contributed by atoms with van der Waals surface area (Å²) >= 11 is 1.94. The summed E-state index contributed by atoms with van der Waals surface area (Å²) in [6.45, 7) is 3.31. The van der Waals surface area contributed by atoms with E-state index >= 15 is 0 Å². The molecule has 0 spiro atoms. The molecule has 2 aliphatic rings. The summed E-state index contributed by atoms with van der Waals surface area (Å²) < 4.78 is 6.32. The average molecular weight is 426 g/mol. The fourth-order valence-corrected chi connectivity index (χ4v) is 4.90. The van der Waals surface area contributed by atoms with Gasteiger partial charge in [0.1, 0.15) is 17.6 Å². The molecule has 0 aromatic heterocycles. The fourth-order valence-electron chi connectivity index (χ4n) is 4.56. The smallest absolute Gasteiger partial charge is 0.148 e. The Morgan fingerprint density at radius 1 is 1.07 bits per heavy atom. The van der Waals surface area contributed by atoms with Crippen molar-refractivity contribution in [3.8, 4) is 11.5 Å². The van der Waals surface area contributed by atoms with E-state index in [-0.39, 0.29) is 6.10 Å². The van der Waals surface area contributed by atoms with Crippen molar-refractivity contribution in [3.05, 3.63) is 59.7 Å².